The zero-order chi connectivity index (χ0) is 17.2. The van der Waals surface area contributed by atoms with E-state index in [2.05, 4.69) is 15.5 Å². The Morgan fingerprint density at radius 2 is 2.04 bits per heavy atom. The van der Waals surface area contributed by atoms with Crippen molar-refractivity contribution in [3.05, 3.63) is 28.2 Å². The highest BCUT2D eigenvalue weighted by Gasteiger charge is 2.09. The average Bonchev–Trinajstić information content (AvgIpc) is 2.58. The molecule has 0 saturated carbocycles. The molecule has 0 aliphatic carbocycles. The molecule has 0 unspecified atom stereocenters. The van der Waals surface area contributed by atoms with Gasteiger partial charge in [-0.2, -0.15) is 0 Å². The molecule has 0 aromatic heterocycles. The van der Waals surface area contributed by atoms with Crippen molar-refractivity contribution in [1.82, 2.24) is 15.5 Å². The third kappa shape index (κ3) is 7.26. The van der Waals surface area contributed by atoms with Gasteiger partial charge in [0, 0.05) is 44.2 Å². The molecule has 0 bridgehead atoms. The van der Waals surface area contributed by atoms with E-state index < -0.39 is 0 Å². The highest BCUT2D eigenvalue weighted by atomic mass is 35.5. The van der Waals surface area contributed by atoms with Gasteiger partial charge in [0.1, 0.15) is 5.75 Å². The van der Waals surface area contributed by atoms with Crippen LogP contribution in [0, 0.1) is 0 Å². The summed E-state index contributed by atoms with van der Waals surface area (Å²) in [5.41, 5.74) is 0. The summed E-state index contributed by atoms with van der Waals surface area (Å²) < 4.78 is 5.56. The van der Waals surface area contributed by atoms with Crippen LogP contribution in [0.4, 0.5) is 0 Å². The van der Waals surface area contributed by atoms with Crippen LogP contribution in [0.3, 0.4) is 0 Å². The molecular weight excluding hydrogens is 349 g/mol. The number of nitrogens with one attached hydrogen (secondary N) is 2. The van der Waals surface area contributed by atoms with E-state index in [1.807, 2.05) is 0 Å². The van der Waals surface area contributed by atoms with E-state index in [9.17, 15) is 4.79 Å². The lowest BCUT2D eigenvalue weighted by Crippen LogP contribution is -2.44. The fourth-order valence-corrected chi connectivity index (χ4v) is 3.02. The molecule has 1 aromatic rings. The smallest absolute Gasteiger partial charge is 0.220 e. The highest BCUT2D eigenvalue weighted by molar-refractivity contribution is 6.35. The number of amides is 1. The Bertz CT molecular complexity index is 523. The average molecular weight is 374 g/mol. The highest BCUT2D eigenvalue weighted by Crippen LogP contribution is 2.27. The maximum atomic E-state index is 11.8. The number of carbonyl (C=O) groups excluding carboxylic acids is 1. The molecule has 5 nitrogen and oxygen atoms in total. The molecule has 24 heavy (non-hydrogen) atoms. The van der Waals surface area contributed by atoms with Crippen molar-refractivity contribution in [2.45, 2.75) is 19.3 Å². The van der Waals surface area contributed by atoms with Crippen molar-refractivity contribution >= 4 is 29.1 Å². The Morgan fingerprint density at radius 3 is 2.79 bits per heavy atom. The minimum absolute atomic E-state index is 0.0705. The Morgan fingerprint density at radius 1 is 1.25 bits per heavy atom. The minimum Gasteiger partial charge on any atom is -0.492 e. The maximum absolute atomic E-state index is 11.8. The van der Waals surface area contributed by atoms with Gasteiger partial charge in [-0.15, -0.1) is 0 Å². The van der Waals surface area contributed by atoms with Gasteiger partial charge in [-0.1, -0.05) is 23.2 Å². The lowest BCUT2D eigenvalue weighted by Gasteiger charge is -2.27. The Hall–Kier alpha value is -1.01. The summed E-state index contributed by atoms with van der Waals surface area (Å²) in [5.74, 6) is 0.665. The third-order valence-corrected chi connectivity index (χ3v) is 4.41. The van der Waals surface area contributed by atoms with Crippen LogP contribution in [0.15, 0.2) is 18.2 Å². The summed E-state index contributed by atoms with van der Waals surface area (Å²) in [6.45, 7) is 6.54. The molecule has 1 aliphatic heterocycles. The van der Waals surface area contributed by atoms with Crippen LogP contribution < -0.4 is 15.4 Å². The number of ether oxygens (including phenoxy) is 1. The summed E-state index contributed by atoms with van der Waals surface area (Å²) in [4.78, 5) is 14.2. The van der Waals surface area contributed by atoms with Gasteiger partial charge in [0.05, 0.1) is 11.6 Å². The van der Waals surface area contributed by atoms with E-state index in [1.165, 1.54) is 0 Å². The van der Waals surface area contributed by atoms with E-state index in [1.54, 1.807) is 18.2 Å². The van der Waals surface area contributed by atoms with Gasteiger partial charge in [-0.25, -0.2) is 0 Å². The molecule has 1 saturated heterocycles. The summed E-state index contributed by atoms with van der Waals surface area (Å²) in [6, 6.07) is 5.11. The van der Waals surface area contributed by atoms with Gasteiger partial charge in [0.2, 0.25) is 5.91 Å². The standard InChI is InChI=1S/C17H25Cl2N3O2/c18-14-4-5-16(15(19)13-14)24-12-1-3-17(23)21-6-2-9-22-10-7-20-8-11-22/h4-5,13,20H,1-3,6-12H2,(H,21,23). The molecule has 134 valence electrons. The first-order valence-electron chi connectivity index (χ1n) is 8.43. The largest absolute Gasteiger partial charge is 0.492 e. The van der Waals surface area contributed by atoms with E-state index in [0.29, 0.717) is 35.2 Å². The molecule has 0 spiro atoms. The number of hydrogen-bond donors (Lipinski definition) is 2. The predicted molar refractivity (Wildman–Crippen MR) is 98.1 cm³/mol. The minimum atomic E-state index is 0.0705. The first kappa shape index (κ1) is 19.3. The molecule has 1 aliphatic rings. The Labute approximate surface area is 153 Å². The van der Waals surface area contributed by atoms with Crippen LogP contribution in [0.2, 0.25) is 10.0 Å². The van der Waals surface area contributed by atoms with Gasteiger partial charge in [-0.3, -0.25) is 4.79 Å². The number of rotatable bonds is 9. The van der Waals surface area contributed by atoms with Crippen LogP contribution in [0.5, 0.6) is 5.75 Å². The number of carbonyl (C=O) groups is 1. The normalized spacial score (nSPS) is 15.2. The fourth-order valence-electron chi connectivity index (χ4n) is 2.56. The number of nitrogens with zero attached hydrogens (tertiary/aromatic N) is 1. The van der Waals surface area contributed by atoms with Crippen molar-refractivity contribution in [2.24, 2.45) is 0 Å². The van der Waals surface area contributed by atoms with Crippen molar-refractivity contribution in [3.8, 4) is 5.75 Å². The van der Waals surface area contributed by atoms with Gasteiger partial charge < -0.3 is 20.3 Å². The summed E-state index contributed by atoms with van der Waals surface area (Å²) in [7, 11) is 0. The predicted octanol–water partition coefficient (Wildman–Crippen LogP) is 2.56. The topological polar surface area (TPSA) is 53.6 Å². The second-order valence-electron chi connectivity index (χ2n) is 5.82. The van der Waals surface area contributed by atoms with E-state index in [-0.39, 0.29) is 5.91 Å². The Kier molecular flexibility index (Phi) is 8.67. The van der Waals surface area contributed by atoms with Gasteiger partial charge in [-0.05, 0) is 37.6 Å². The first-order chi connectivity index (χ1) is 11.6. The maximum Gasteiger partial charge on any atom is 0.220 e. The quantitative estimate of drug-likeness (QED) is 0.653. The molecular formula is C17H25Cl2N3O2. The van der Waals surface area contributed by atoms with Gasteiger partial charge in [0.25, 0.3) is 0 Å². The van der Waals surface area contributed by atoms with E-state index >= 15 is 0 Å². The number of halogens is 2. The molecule has 0 atom stereocenters. The molecule has 1 amide bonds. The molecule has 2 rings (SSSR count). The summed E-state index contributed by atoms with van der Waals surface area (Å²) in [6.07, 6.45) is 2.10. The molecule has 7 heteroatoms. The zero-order valence-corrected chi connectivity index (χ0v) is 15.3. The van der Waals surface area contributed by atoms with Crippen molar-refractivity contribution < 1.29 is 9.53 Å². The molecule has 1 heterocycles. The fraction of sp³-hybridized carbons (Fsp3) is 0.588. The van der Waals surface area contributed by atoms with E-state index in [0.717, 1.165) is 45.7 Å². The molecule has 2 N–H and O–H groups in total. The summed E-state index contributed by atoms with van der Waals surface area (Å²) >= 11 is 11.9. The first-order valence-corrected chi connectivity index (χ1v) is 9.18. The number of hydrogen-bond acceptors (Lipinski definition) is 4. The number of benzene rings is 1. The number of piperazine rings is 1. The van der Waals surface area contributed by atoms with Crippen LogP contribution in [-0.4, -0.2) is 56.7 Å². The van der Waals surface area contributed by atoms with E-state index in [4.69, 9.17) is 27.9 Å². The van der Waals surface area contributed by atoms with Crippen molar-refractivity contribution in [2.75, 3.05) is 45.9 Å². The monoisotopic (exact) mass is 373 g/mol. The lowest BCUT2D eigenvalue weighted by molar-refractivity contribution is -0.121. The SMILES string of the molecule is O=C(CCCOc1ccc(Cl)cc1Cl)NCCCN1CCNCC1. The Balaban J connectivity index is 1.50. The molecule has 1 fully saturated rings. The lowest BCUT2D eigenvalue weighted by atomic mass is 10.3. The van der Waals surface area contributed by atoms with Gasteiger partial charge in [0.15, 0.2) is 0 Å². The van der Waals surface area contributed by atoms with Crippen molar-refractivity contribution in [3.63, 3.8) is 0 Å². The van der Waals surface area contributed by atoms with Crippen LogP contribution in [0.1, 0.15) is 19.3 Å². The zero-order valence-electron chi connectivity index (χ0n) is 13.8. The molecule has 0 radical (unpaired) electrons. The second-order valence-corrected chi connectivity index (χ2v) is 6.67. The van der Waals surface area contributed by atoms with Gasteiger partial charge >= 0.3 is 0 Å². The van der Waals surface area contributed by atoms with Crippen LogP contribution in [-0.2, 0) is 4.79 Å². The van der Waals surface area contributed by atoms with Crippen LogP contribution >= 0.6 is 23.2 Å². The van der Waals surface area contributed by atoms with Crippen LogP contribution in [0.25, 0.3) is 0 Å². The summed E-state index contributed by atoms with van der Waals surface area (Å²) in [5, 5.41) is 7.35. The van der Waals surface area contributed by atoms with Crippen molar-refractivity contribution in [1.29, 1.82) is 0 Å². The third-order valence-electron chi connectivity index (χ3n) is 3.88. The second kappa shape index (κ2) is 10.8. The molecule has 1 aromatic carbocycles.